The summed E-state index contributed by atoms with van der Waals surface area (Å²) >= 11 is 0. The van der Waals surface area contributed by atoms with E-state index in [0.29, 0.717) is 12.8 Å². The molecule has 0 amide bonds. The fraction of sp³-hybridized carbons (Fsp3) is 0.917. The number of rotatable bonds is 24. The van der Waals surface area contributed by atoms with Crippen LogP contribution in [0.4, 0.5) is 0 Å². The zero-order chi connectivity index (χ0) is 25.8. The van der Waals surface area contributed by atoms with E-state index in [-0.39, 0.29) is 25.9 Å². The minimum absolute atomic E-state index is 0.182. The number of hydrogen-bond donors (Lipinski definition) is 4. The number of carboxylic acids is 2. The van der Waals surface area contributed by atoms with Crippen molar-refractivity contribution in [2.75, 3.05) is 13.1 Å². The monoisotopic (exact) mass is 508 g/mol. The van der Waals surface area contributed by atoms with E-state index in [2.05, 4.69) is 13.8 Å². The molecule has 0 aromatic heterocycles. The van der Waals surface area contributed by atoms with Gasteiger partial charge < -0.3 is 30.7 Å². The second kappa shape index (κ2) is 21.3. The summed E-state index contributed by atoms with van der Waals surface area (Å²) in [7, 11) is -3.15. The van der Waals surface area contributed by atoms with Gasteiger partial charge in [0.15, 0.2) is 0 Å². The molecule has 4 unspecified atom stereocenters. The maximum atomic E-state index is 12.8. The summed E-state index contributed by atoms with van der Waals surface area (Å²) in [5, 5.41) is 19.5. The van der Waals surface area contributed by atoms with Gasteiger partial charge in [-0.2, -0.15) is 0 Å². The molecule has 0 aliphatic heterocycles. The average molecular weight is 509 g/mol. The van der Waals surface area contributed by atoms with E-state index in [4.69, 9.17) is 20.5 Å². The highest BCUT2D eigenvalue weighted by molar-refractivity contribution is 7.33. The number of carboxylic acid groups (broad SMARTS) is 2. The van der Waals surface area contributed by atoms with Gasteiger partial charge in [-0.3, -0.25) is 14.2 Å². The molecule has 0 aliphatic rings. The van der Waals surface area contributed by atoms with Crippen molar-refractivity contribution in [1.82, 2.24) is 0 Å². The Morgan fingerprint density at radius 1 is 0.676 bits per heavy atom. The molecule has 0 bridgehead atoms. The number of hydrogen-bond acceptors (Lipinski definition) is 7. The third-order valence-corrected chi connectivity index (χ3v) is 7.16. The molecule has 4 atom stereocenters. The molecule has 0 fully saturated rings. The molecule has 0 saturated heterocycles. The summed E-state index contributed by atoms with van der Waals surface area (Å²) in [4.78, 5) is 23.8. The van der Waals surface area contributed by atoms with Crippen molar-refractivity contribution in [2.24, 2.45) is 23.3 Å². The van der Waals surface area contributed by atoms with Gasteiger partial charge >= 0.3 is 20.2 Å². The first kappa shape index (κ1) is 33.0. The Morgan fingerprint density at radius 2 is 1.03 bits per heavy atom. The zero-order valence-electron chi connectivity index (χ0n) is 21.2. The molecule has 9 nitrogen and oxygen atoms in total. The molecular formula is C24H49N2O7P. The molecule has 0 aromatic rings. The lowest BCUT2D eigenvalue weighted by Crippen LogP contribution is -2.33. The van der Waals surface area contributed by atoms with Crippen LogP contribution < -0.4 is 11.5 Å². The molecule has 0 aromatic carbocycles. The van der Waals surface area contributed by atoms with Crippen molar-refractivity contribution in [3.05, 3.63) is 0 Å². The van der Waals surface area contributed by atoms with Crippen molar-refractivity contribution in [1.29, 1.82) is 0 Å². The minimum atomic E-state index is -3.15. The van der Waals surface area contributed by atoms with Gasteiger partial charge in [0.05, 0.1) is 24.0 Å². The third kappa shape index (κ3) is 15.1. The van der Waals surface area contributed by atoms with Crippen LogP contribution in [0.25, 0.3) is 0 Å². The second-order valence-corrected chi connectivity index (χ2v) is 9.98. The van der Waals surface area contributed by atoms with E-state index in [1.165, 1.54) is 0 Å². The Kier molecular flexibility index (Phi) is 20.7. The highest BCUT2D eigenvalue weighted by atomic mass is 31.1. The van der Waals surface area contributed by atoms with Crippen molar-refractivity contribution in [2.45, 2.75) is 116 Å². The van der Waals surface area contributed by atoms with Crippen molar-refractivity contribution >= 4 is 20.2 Å². The number of aliphatic carboxylic acids is 2. The van der Waals surface area contributed by atoms with E-state index in [0.717, 1.165) is 64.2 Å². The molecule has 6 N–H and O–H groups in total. The summed E-state index contributed by atoms with van der Waals surface area (Å²) in [6.07, 6.45) is 9.37. The number of unbranched alkanes of at least 4 members (excludes halogenated alkanes) is 8. The van der Waals surface area contributed by atoms with Gasteiger partial charge in [0.2, 0.25) is 0 Å². The van der Waals surface area contributed by atoms with Crippen LogP contribution in [0.5, 0.6) is 0 Å². The summed E-state index contributed by atoms with van der Waals surface area (Å²) in [5.74, 6) is -3.72. The Morgan fingerprint density at radius 3 is 1.32 bits per heavy atom. The highest BCUT2D eigenvalue weighted by Gasteiger charge is 2.33. The predicted molar refractivity (Wildman–Crippen MR) is 135 cm³/mol. The molecule has 10 heteroatoms. The van der Waals surface area contributed by atoms with Gasteiger partial charge in [-0.1, -0.05) is 78.1 Å². The molecule has 0 saturated carbocycles. The van der Waals surface area contributed by atoms with Gasteiger partial charge in [-0.15, -0.1) is 0 Å². The average Bonchev–Trinajstić information content (AvgIpc) is 2.77. The maximum absolute atomic E-state index is 12.8. The molecular weight excluding hydrogens is 459 g/mol. The first-order chi connectivity index (χ1) is 16.3. The highest BCUT2D eigenvalue weighted by Crippen LogP contribution is 2.36. The lowest BCUT2D eigenvalue weighted by molar-refractivity contribution is -0.145. The van der Waals surface area contributed by atoms with Crippen LogP contribution in [0.15, 0.2) is 0 Å². The summed E-state index contributed by atoms with van der Waals surface area (Å²) in [6, 6.07) is 0. The number of carbonyl (C=O) groups is 2. The SMILES string of the molecule is CCCCCCCC(C(=O)O)C(CCN)O[PH](=O)OC(CCN)C(CCCCCCC)C(=O)O. The van der Waals surface area contributed by atoms with Crippen LogP contribution in [0.3, 0.4) is 0 Å². The first-order valence-corrected chi connectivity index (χ1v) is 14.3. The van der Waals surface area contributed by atoms with Crippen LogP contribution in [-0.4, -0.2) is 47.4 Å². The summed E-state index contributed by atoms with van der Waals surface area (Å²) in [5.41, 5.74) is 11.3. The molecule has 0 spiro atoms. The Balaban J connectivity index is 5.11. The van der Waals surface area contributed by atoms with Crippen molar-refractivity contribution in [3.63, 3.8) is 0 Å². The van der Waals surface area contributed by atoms with E-state index in [9.17, 15) is 24.4 Å². The molecule has 34 heavy (non-hydrogen) atoms. The Labute approximate surface area is 206 Å². The van der Waals surface area contributed by atoms with Gasteiger partial charge in [0.1, 0.15) is 0 Å². The van der Waals surface area contributed by atoms with Crippen LogP contribution in [0.1, 0.15) is 104 Å². The number of nitrogens with two attached hydrogens (primary N) is 2. The van der Waals surface area contributed by atoms with Gasteiger partial charge in [-0.25, -0.2) is 0 Å². The molecule has 0 aliphatic carbocycles. The molecule has 202 valence electrons. The smallest absolute Gasteiger partial charge is 0.319 e. The van der Waals surface area contributed by atoms with Crippen molar-refractivity contribution in [3.8, 4) is 0 Å². The maximum Gasteiger partial charge on any atom is 0.319 e. The Bertz CT molecular complexity index is 519. The fourth-order valence-corrected chi connectivity index (χ4v) is 5.27. The van der Waals surface area contributed by atoms with Gasteiger partial charge in [0, 0.05) is 0 Å². The van der Waals surface area contributed by atoms with Gasteiger partial charge in [-0.05, 0) is 38.8 Å². The normalized spacial score (nSPS) is 16.0. The molecule has 0 heterocycles. The van der Waals surface area contributed by atoms with E-state index >= 15 is 0 Å². The van der Waals surface area contributed by atoms with E-state index in [1.54, 1.807) is 0 Å². The third-order valence-electron chi connectivity index (χ3n) is 6.17. The summed E-state index contributed by atoms with van der Waals surface area (Å²) in [6.45, 7) is 4.59. The largest absolute Gasteiger partial charge is 0.481 e. The van der Waals surface area contributed by atoms with E-state index < -0.39 is 44.2 Å². The predicted octanol–water partition coefficient (Wildman–Crippen LogP) is 4.97. The lowest BCUT2D eigenvalue weighted by Gasteiger charge is -2.27. The second-order valence-electron chi connectivity index (χ2n) is 9.01. The first-order valence-electron chi connectivity index (χ1n) is 13.0. The quantitative estimate of drug-likeness (QED) is 0.104. The molecule has 0 rings (SSSR count). The Hall–Kier alpha value is -0.990. The summed E-state index contributed by atoms with van der Waals surface area (Å²) < 4.78 is 23.9. The van der Waals surface area contributed by atoms with Crippen LogP contribution in [0.2, 0.25) is 0 Å². The topological polar surface area (TPSA) is 162 Å². The van der Waals surface area contributed by atoms with Gasteiger partial charge in [0.25, 0.3) is 0 Å². The lowest BCUT2D eigenvalue weighted by atomic mass is 9.93. The standard InChI is InChI=1S/C24H49N2O7P/c1-3-5-7-9-11-13-19(23(27)28)21(15-17-25)32-34(31)33-22(16-18-26)20(24(29)30)14-12-10-8-6-4-2/h19-22,34H,3-18,25-26H2,1-2H3,(H,27,28)(H,29,30). The van der Waals surface area contributed by atoms with Crippen LogP contribution >= 0.6 is 8.25 Å². The van der Waals surface area contributed by atoms with Crippen LogP contribution in [0, 0.1) is 11.8 Å². The fourth-order valence-electron chi connectivity index (χ4n) is 4.16. The zero-order valence-corrected chi connectivity index (χ0v) is 22.2. The van der Waals surface area contributed by atoms with Crippen LogP contribution in [-0.2, 0) is 23.2 Å². The van der Waals surface area contributed by atoms with E-state index in [1.807, 2.05) is 0 Å². The minimum Gasteiger partial charge on any atom is -0.481 e. The van der Waals surface area contributed by atoms with Crippen molar-refractivity contribution < 1.29 is 33.4 Å². The molecule has 0 radical (unpaired) electrons.